The van der Waals surface area contributed by atoms with Crippen LogP contribution in [-0.4, -0.2) is 44.1 Å². The number of likely N-dealkylation sites (tertiary alicyclic amines) is 1. The first-order valence-electron chi connectivity index (χ1n) is 7.97. The fraction of sp³-hybridized carbons (Fsp3) is 0.471. The Labute approximate surface area is 139 Å². The van der Waals surface area contributed by atoms with Gasteiger partial charge in [-0.2, -0.15) is 0 Å². The Morgan fingerprint density at radius 3 is 2.83 bits per heavy atom. The average molecular weight is 332 g/mol. The van der Waals surface area contributed by atoms with Crippen LogP contribution >= 0.6 is 0 Å². The normalized spacial score (nSPS) is 21.3. The van der Waals surface area contributed by atoms with E-state index in [1.54, 1.807) is 24.7 Å². The minimum atomic E-state index is -0.798. The number of aromatic nitrogens is 3. The molecule has 0 amide bonds. The van der Waals surface area contributed by atoms with Crippen molar-refractivity contribution in [2.45, 2.75) is 25.8 Å². The molecule has 128 valence electrons. The van der Waals surface area contributed by atoms with Gasteiger partial charge in [0, 0.05) is 38.8 Å². The molecule has 24 heavy (non-hydrogen) atoms. The predicted octanol–water partition coefficient (Wildman–Crippen LogP) is 1.95. The summed E-state index contributed by atoms with van der Waals surface area (Å²) < 4.78 is 15.0. The highest BCUT2D eigenvalue weighted by Crippen LogP contribution is 2.34. The summed E-state index contributed by atoms with van der Waals surface area (Å²) in [4.78, 5) is 13.4. The number of carboxylic acids is 1. The lowest BCUT2D eigenvalue weighted by molar-refractivity contribution is -0.138. The topological polar surface area (TPSA) is 71.2 Å². The van der Waals surface area contributed by atoms with Crippen molar-refractivity contribution in [3.8, 4) is 0 Å². The highest BCUT2D eigenvalue weighted by atomic mass is 19.1. The number of nitrogens with zero attached hydrogens (tertiary/aromatic N) is 4. The highest BCUT2D eigenvalue weighted by Gasteiger charge is 2.36. The third kappa shape index (κ3) is 3.62. The zero-order valence-corrected chi connectivity index (χ0v) is 13.8. The molecule has 7 heteroatoms. The molecule has 3 rings (SSSR count). The van der Waals surface area contributed by atoms with E-state index in [0.29, 0.717) is 18.7 Å². The summed E-state index contributed by atoms with van der Waals surface area (Å²) in [6.07, 6.45) is 1.96. The van der Waals surface area contributed by atoms with Crippen LogP contribution in [0.5, 0.6) is 0 Å². The third-order valence-electron chi connectivity index (χ3n) is 4.58. The van der Waals surface area contributed by atoms with E-state index >= 15 is 0 Å². The summed E-state index contributed by atoms with van der Waals surface area (Å²) in [7, 11) is 1.80. The van der Waals surface area contributed by atoms with Crippen LogP contribution in [0, 0.1) is 18.7 Å². The summed E-state index contributed by atoms with van der Waals surface area (Å²) in [5.41, 5.74) is 2.49. The van der Waals surface area contributed by atoms with Crippen LogP contribution in [0.3, 0.4) is 0 Å². The van der Waals surface area contributed by atoms with Crippen molar-refractivity contribution in [2.24, 2.45) is 13.0 Å². The molecule has 1 aromatic heterocycles. The van der Waals surface area contributed by atoms with E-state index in [-0.39, 0.29) is 24.1 Å². The van der Waals surface area contributed by atoms with E-state index in [2.05, 4.69) is 15.2 Å². The van der Waals surface area contributed by atoms with Gasteiger partial charge < -0.3 is 5.11 Å². The van der Waals surface area contributed by atoms with Gasteiger partial charge in [0.25, 0.3) is 0 Å². The maximum absolute atomic E-state index is 13.4. The number of hydrogen-bond acceptors (Lipinski definition) is 4. The van der Waals surface area contributed by atoms with E-state index in [0.717, 1.165) is 17.8 Å². The van der Waals surface area contributed by atoms with E-state index < -0.39 is 5.97 Å². The number of rotatable bonds is 5. The molecule has 6 nitrogen and oxygen atoms in total. The second kappa shape index (κ2) is 6.68. The molecule has 0 bridgehead atoms. The first-order valence-corrected chi connectivity index (χ1v) is 7.97. The quantitative estimate of drug-likeness (QED) is 0.906. The lowest BCUT2D eigenvalue weighted by Crippen LogP contribution is -2.21. The number of carbonyl (C=O) groups is 1. The molecule has 0 aliphatic carbocycles. The molecule has 0 spiro atoms. The van der Waals surface area contributed by atoms with E-state index in [1.807, 2.05) is 12.3 Å². The molecule has 0 radical (unpaired) electrons. The van der Waals surface area contributed by atoms with Crippen LogP contribution in [0.15, 0.2) is 24.4 Å². The Hall–Kier alpha value is -2.28. The van der Waals surface area contributed by atoms with Crippen molar-refractivity contribution >= 4 is 5.97 Å². The number of aryl methyl sites for hydroxylation is 2. The molecule has 2 heterocycles. The lowest BCUT2D eigenvalue weighted by Gasteiger charge is -2.16. The monoisotopic (exact) mass is 332 g/mol. The molecular formula is C17H21FN4O2. The van der Waals surface area contributed by atoms with E-state index in [1.165, 1.54) is 6.07 Å². The van der Waals surface area contributed by atoms with Gasteiger partial charge in [0.05, 0.1) is 12.1 Å². The zero-order valence-electron chi connectivity index (χ0n) is 13.8. The maximum atomic E-state index is 13.4. The Morgan fingerprint density at radius 2 is 2.21 bits per heavy atom. The number of carboxylic acid groups (broad SMARTS) is 1. The standard InChI is InChI=1S/C17H21FN4O2/c1-11-5-12(3-4-15(11)18)7-22-8-13(6-17(23)24)14(9-22)16-10-21(2)20-19-16/h3-5,10,13-14H,6-9H2,1-2H3,(H,23,24). The molecule has 2 unspecified atom stereocenters. The van der Waals surface area contributed by atoms with Crippen LogP contribution in [0.25, 0.3) is 0 Å². The number of aliphatic carboxylic acids is 1. The van der Waals surface area contributed by atoms with Gasteiger partial charge in [0.2, 0.25) is 0 Å². The van der Waals surface area contributed by atoms with Crippen molar-refractivity contribution in [3.63, 3.8) is 0 Å². The Balaban J connectivity index is 1.75. The van der Waals surface area contributed by atoms with Crippen LogP contribution in [0.1, 0.15) is 29.2 Å². The smallest absolute Gasteiger partial charge is 0.303 e. The summed E-state index contributed by atoms with van der Waals surface area (Å²) in [5.74, 6) is -0.952. The molecular weight excluding hydrogens is 311 g/mol. The molecule has 1 aliphatic heterocycles. The summed E-state index contributed by atoms with van der Waals surface area (Å²) in [6, 6.07) is 5.11. The van der Waals surface area contributed by atoms with Gasteiger partial charge in [-0.05, 0) is 30.0 Å². The molecule has 1 aliphatic rings. The minimum absolute atomic E-state index is 0.000690. The average Bonchev–Trinajstić information content (AvgIpc) is 3.09. The SMILES string of the molecule is Cc1cc(CN2CC(CC(=O)O)C(c3cn(C)nn3)C2)ccc1F. The van der Waals surface area contributed by atoms with Crippen LogP contribution in [0.2, 0.25) is 0 Å². The molecule has 0 saturated carbocycles. The third-order valence-corrected chi connectivity index (χ3v) is 4.58. The summed E-state index contributed by atoms with van der Waals surface area (Å²) in [6.45, 7) is 3.84. The Bertz CT molecular complexity index is 746. The molecule has 2 atom stereocenters. The summed E-state index contributed by atoms with van der Waals surface area (Å²) in [5, 5.41) is 17.3. The van der Waals surface area contributed by atoms with Crippen molar-refractivity contribution < 1.29 is 14.3 Å². The Kier molecular flexibility index (Phi) is 4.62. The van der Waals surface area contributed by atoms with Crippen molar-refractivity contribution in [2.75, 3.05) is 13.1 Å². The van der Waals surface area contributed by atoms with Gasteiger partial charge in [-0.1, -0.05) is 17.3 Å². The van der Waals surface area contributed by atoms with Crippen LogP contribution in [0.4, 0.5) is 4.39 Å². The predicted molar refractivity (Wildman–Crippen MR) is 85.9 cm³/mol. The fourth-order valence-electron chi connectivity index (χ4n) is 3.45. The van der Waals surface area contributed by atoms with Gasteiger partial charge in [-0.3, -0.25) is 14.4 Å². The van der Waals surface area contributed by atoms with Crippen molar-refractivity contribution in [1.29, 1.82) is 0 Å². The molecule has 1 fully saturated rings. The van der Waals surface area contributed by atoms with Crippen molar-refractivity contribution in [3.05, 3.63) is 47.0 Å². The fourth-order valence-corrected chi connectivity index (χ4v) is 3.45. The first-order chi connectivity index (χ1) is 11.4. The number of hydrogen-bond donors (Lipinski definition) is 1. The van der Waals surface area contributed by atoms with E-state index in [9.17, 15) is 14.3 Å². The number of benzene rings is 1. The number of halogens is 1. The lowest BCUT2D eigenvalue weighted by atomic mass is 9.91. The summed E-state index contributed by atoms with van der Waals surface area (Å²) >= 11 is 0. The first kappa shape index (κ1) is 16.6. The van der Waals surface area contributed by atoms with Crippen molar-refractivity contribution in [1.82, 2.24) is 19.9 Å². The van der Waals surface area contributed by atoms with Gasteiger partial charge in [0.15, 0.2) is 0 Å². The zero-order chi connectivity index (χ0) is 17.3. The van der Waals surface area contributed by atoms with Crippen LogP contribution in [-0.2, 0) is 18.4 Å². The minimum Gasteiger partial charge on any atom is -0.481 e. The second-order valence-electron chi connectivity index (χ2n) is 6.56. The molecule has 1 aromatic carbocycles. The van der Waals surface area contributed by atoms with Gasteiger partial charge in [-0.25, -0.2) is 4.39 Å². The highest BCUT2D eigenvalue weighted by molar-refractivity contribution is 5.67. The maximum Gasteiger partial charge on any atom is 0.303 e. The molecule has 1 saturated heterocycles. The van der Waals surface area contributed by atoms with E-state index in [4.69, 9.17) is 0 Å². The van der Waals surface area contributed by atoms with Gasteiger partial charge in [-0.15, -0.1) is 5.10 Å². The van der Waals surface area contributed by atoms with Gasteiger partial charge in [0.1, 0.15) is 5.82 Å². The second-order valence-corrected chi connectivity index (χ2v) is 6.56. The van der Waals surface area contributed by atoms with Crippen LogP contribution < -0.4 is 0 Å². The largest absolute Gasteiger partial charge is 0.481 e. The molecule has 2 aromatic rings. The Morgan fingerprint density at radius 1 is 1.42 bits per heavy atom. The van der Waals surface area contributed by atoms with Gasteiger partial charge >= 0.3 is 5.97 Å². The molecule has 1 N–H and O–H groups in total.